The van der Waals surface area contributed by atoms with Gasteiger partial charge in [0.05, 0.1) is 17.0 Å². The van der Waals surface area contributed by atoms with Gasteiger partial charge in [-0.15, -0.1) is 3.89 Å². The molecule has 1 N–H and O–H groups in total. The minimum Gasteiger partial charge on any atom is -0.406 e. The van der Waals surface area contributed by atoms with Crippen LogP contribution in [0.4, 0.5) is 9.57 Å². The zero-order valence-electron chi connectivity index (χ0n) is 10.7. The van der Waals surface area contributed by atoms with Gasteiger partial charge in [-0.3, -0.25) is 9.78 Å². The number of aromatic nitrogens is 1. The fourth-order valence-electron chi connectivity index (χ4n) is 2.58. The highest BCUT2D eigenvalue weighted by Crippen LogP contribution is 2.31. The van der Waals surface area contributed by atoms with Crippen LogP contribution in [0.15, 0.2) is 27.4 Å². The summed E-state index contributed by atoms with van der Waals surface area (Å²) in [6, 6.07) is 4.84. The van der Waals surface area contributed by atoms with Crippen LogP contribution in [0.5, 0.6) is 0 Å². The van der Waals surface area contributed by atoms with E-state index < -0.39 is 27.7 Å². The second kappa shape index (κ2) is 4.69. The van der Waals surface area contributed by atoms with Crippen LogP contribution in [0.1, 0.15) is 6.42 Å². The summed E-state index contributed by atoms with van der Waals surface area (Å²) in [6.45, 7) is 0.0655. The summed E-state index contributed by atoms with van der Waals surface area (Å²) < 4.78 is 39.1. The van der Waals surface area contributed by atoms with E-state index in [1.165, 1.54) is 4.90 Å². The summed E-state index contributed by atoms with van der Waals surface area (Å²) in [7, 11) is -4.63. The van der Waals surface area contributed by atoms with Gasteiger partial charge in [-0.2, -0.15) is 8.42 Å². The predicted octanol–water partition coefficient (Wildman–Crippen LogP) is 0.773. The number of rotatable bonds is 3. The molecule has 9 heteroatoms. The lowest BCUT2D eigenvalue weighted by Gasteiger charge is -2.16. The molecule has 21 heavy (non-hydrogen) atoms. The maximum Gasteiger partial charge on any atom is 0.417 e. The molecule has 0 bridgehead atoms. The SMILES string of the molecule is O=C1CC(CS(=O)(=O)F)CN1c1cccc2[nH]c(=O)oc12. The quantitative estimate of drug-likeness (QED) is 0.844. The van der Waals surface area contributed by atoms with Crippen molar-refractivity contribution in [2.75, 3.05) is 17.2 Å². The molecule has 0 saturated carbocycles. The second-order valence-electron chi connectivity index (χ2n) is 4.95. The molecule has 112 valence electrons. The Balaban J connectivity index is 1.96. The molecule has 3 rings (SSSR count). The highest BCUT2D eigenvalue weighted by molar-refractivity contribution is 7.86. The molecule has 1 amide bonds. The van der Waals surface area contributed by atoms with E-state index in [0.717, 1.165) is 0 Å². The number of anilines is 1. The number of aromatic amines is 1. The van der Waals surface area contributed by atoms with E-state index in [-0.39, 0.29) is 24.5 Å². The molecule has 2 aromatic rings. The van der Waals surface area contributed by atoms with Crippen molar-refractivity contribution >= 4 is 32.9 Å². The van der Waals surface area contributed by atoms with Crippen LogP contribution in [0.3, 0.4) is 0 Å². The zero-order chi connectivity index (χ0) is 15.2. The fourth-order valence-corrected chi connectivity index (χ4v) is 3.37. The summed E-state index contributed by atoms with van der Waals surface area (Å²) in [5.41, 5.74) is 1.03. The van der Waals surface area contributed by atoms with Gasteiger partial charge < -0.3 is 9.32 Å². The number of nitrogens with zero attached hydrogens (tertiary/aromatic N) is 1. The lowest BCUT2D eigenvalue weighted by Crippen LogP contribution is -2.25. The van der Waals surface area contributed by atoms with E-state index in [1.807, 2.05) is 0 Å². The highest BCUT2D eigenvalue weighted by atomic mass is 32.3. The number of nitrogens with one attached hydrogen (secondary N) is 1. The first-order valence-electron chi connectivity index (χ1n) is 6.18. The Morgan fingerprint density at radius 3 is 2.86 bits per heavy atom. The van der Waals surface area contributed by atoms with Crippen LogP contribution in [0.2, 0.25) is 0 Å². The topological polar surface area (TPSA) is 100 Å². The molecule has 1 aliphatic heterocycles. The molecule has 1 atom stereocenters. The van der Waals surface area contributed by atoms with Gasteiger partial charge in [0.1, 0.15) is 0 Å². The van der Waals surface area contributed by atoms with E-state index >= 15 is 0 Å². The van der Waals surface area contributed by atoms with Crippen molar-refractivity contribution in [1.82, 2.24) is 4.98 Å². The monoisotopic (exact) mass is 314 g/mol. The Labute approximate surface area is 118 Å². The fraction of sp³-hybridized carbons (Fsp3) is 0.333. The van der Waals surface area contributed by atoms with Gasteiger partial charge in [0.15, 0.2) is 5.58 Å². The van der Waals surface area contributed by atoms with Crippen molar-refractivity contribution in [3.05, 3.63) is 28.7 Å². The van der Waals surface area contributed by atoms with E-state index in [1.54, 1.807) is 18.2 Å². The smallest absolute Gasteiger partial charge is 0.406 e. The van der Waals surface area contributed by atoms with Gasteiger partial charge in [-0.1, -0.05) is 6.07 Å². The standard InChI is InChI=1S/C12H11FN2O5S/c13-21(18,19)6-7-4-10(16)15(5-7)9-3-1-2-8-11(9)20-12(17)14-8/h1-3,7H,4-6H2,(H,14,17). The number of H-pyrrole nitrogens is 1. The van der Waals surface area contributed by atoms with Crippen LogP contribution in [-0.2, 0) is 15.0 Å². The van der Waals surface area contributed by atoms with Crippen molar-refractivity contribution in [1.29, 1.82) is 0 Å². The van der Waals surface area contributed by atoms with E-state index in [2.05, 4.69) is 4.98 Å². The van der Waals surface area contributed by atoms with Crippen molar-refractivity contribution in [3.63, 3.8) is 0 Å². The third-order valence-electron chi connectivity index (χ3n) is 3.36. The number of hydrogen-bond acceptors (Lipinski definition) is 5. The number of amides is 1. The molecule has 1 fully saturated rings. The largest absolute Gasteiger partial charge is 0.417 e. The van der Waals surface area contributed by atoms with E-state index in [0.29, 0.717) is 11.2 Å². The average molecular weight is 314 g/mol. The number of carbonyl (C=O) groups excluding carboxylic acids is 1. The second-order valence-corrected chi connectivity index (χ2v) is 6.36. The first-order chi connectivity index (χ1) is 9.83. The summed E-state index contributed by atoms with van der Waals surface area (Å²) in [5, 5.41) is 0. The molecule has 0 radical (unpaired) electrons. The molecule has 1 aliphatic rings. The molecule has 1 unspecified atom stereocenters. The van der Waals surface area contributed by atoms with Crippen LogP contribution in [-0.4, -0.2) is 31.6 Å². The molecular weight excluding hydrogens is 303 g/mol. The van der Waals surface area contributed by atoms with Gasteiger partial charge in [-0.05, 0) is 12.1 Å². The molecular formula is C12H11FN2O5S. The molecule has 1 saturated heterocycles. The number of halogens is 1. The number of hydrogen-bond donors (Lipinski definition) is 1. The Morgan fingerprint density at radius 1 is 1.38 bits per heavy atom. The summed E-state index contributed by atoms with van der Waals surface area (Å²) in [4.78, 5) is 27.0. The first kappa shape index (κ1) is 13.8. The summed E-state index contributed by atoms with van der Waals surface area (Å²) in [5.74, 6) is -2.29. The Morgan fingerprint density at radius 2 is 2.14 bits per heavy atom. The van der Waals surface area contributed by atoms with E-state index in [4.69, 9.17) is 4.42 Å². The number of fused-ring (bicyclic) bond motifs is 1. The van der Waals surface area contributed by atoms with E-state index in [9.17, 15) is 21.9 Å². The average Bonchev–Trinajstić information content (AvgIpc) is 2.88. The molecule has 7 nitrogen and oxygen atoms in total. The number of carbonyl (C=O) groups is 1. The third-order valence-corrected chi connectivity index (χ3v) is 4.23. The third kappa shape index (κ3) is 2.68. The van der Waals surface area contributed by atoms with Crippen LogP contribution >= 0.6 is 0 Å². The highest BCUT2D eigenvalue weighted by Gasteiger charge is 2.34. The number of para-hydroxylation sites is 1. The molecule has 1 aromatic carbocycles. The number of oxazole rings is 1. The molecule has 0 spiro atoms. The maximum atomic E-state index is 12.7. The van der Waals surface area contributed by atoms with Gasteiger partial charge in [0, 0.05) is 18.9 Å². The van der Waals surface area contributed by atoms with Crippen molar-refractivity contribution < 1.29 is 21.5 Å². The Bertz CT molecular complexity index is 869. The lowest BCUT2D eigenvalue weighted by atomic mass is 10.1. The summed E-state index contributed by atoms with van der Waals surface area (Å²) >= 11 is 0. The van der Waals surface area contributed by atoms with Crippen LogP contribution in [0, 0.1) is 5.92 Å². The predicted molar refractivity (Wildman–Crippen MR) is 72.2 cm³/mol. The van der Waals surface area contributed by atoms with Gasteiger partial charge >= 0.3 is 16.0 Å². The van der Waals surface area contributed by atoms with Crippen molar-refractivity contribution in [3.8, 4) is 0 Å². The minimum absolute atomic E-state index is 0.0613. The van der Waals surface area contributed by atoms with Gasteiger partial charge in [0.2, 0.25) is 5.91 Å². The Kier molecular flexibility index (Phi) is 3.08. The molecule has 1 aromatic heterocycles. The lowest BCUT2D eigenvalue weighted by molar-refractivity contribution is -0.117. The molecule has 2 heterocycles. The van der Waals surface area contributed by atoms with Crippen LogP contribution in [0.25, 0.3) is 11.1 Å². The van der Waals surface area contributed by atoms with Gasteiger partial charge in [0.25, 0.3) is 0 Å². The number of benzene rings is 1. The molecule has 0 aliphatic carbocycles. The minimum atomic E-state index is -4.63. The van der Waals surface area contributed by atoms with Crippen LogP contribution < -0.4 is 10.7 Å². The van der Waals surface area contributed by atoms with Gasteiger partial charge in [-0.25, -0.2) is 4.79 Å². The first-order valence-corrected chi connectivity index (χ1v) is 7.73. The van der Waals surface area contributed by atoms with Crippen molar-refractivity contribution in [2.24, 2.45) is 5.92 Å². The zero-order valence-corrected chi connectivity index (χ0v) is 11.5. The Hall–Kier alpha value is -2.16. The summed E-state index contributed by atoms with van der Waals surface area (Å²) in [6.07, 6.45) is -0.0613. The normalized spacial score (nSPS) is 19.6. The van der Waals surface area contributed by atoms with Crippen molar-refractivity contribution in [2.45, 2.75) is 6.42 Å². The maximum absolute atomic E-state index is 12.7.